The third-order valence-electron chi connectivity index (χ3n) is 1.90. The third kappa shape index (κ3) is 4.35. The fraction of sp³-hybridized carbons (Fsp3) is 0.400. The van der Waals surface area contributed by atoms with Crippen molar-refractivity contribution in [1.82, 2.24) is 5.32 Å². The molecule has 16 heavy (non-hydrogen) atoms. The van der Waals surface area contributed by atoms with Gasteiger partial charge in [-0.05, 0) is 36.6 Å². The SMILES string of the molecule is O=C(O)CCCCNC(=O)c1ccc(Cl)o1. The van der Waals surface area contributed by atoms with Gasteiger partial charge in [0.25, 0.3) is 5.91 Å². The van der Waals surface area contributed by atoms with Gasteiger partial charge in [-0.2, -0.15) is 0 Å². The second-order valence-corrected chi connectivity index (χ2v) is 3.58. The molecular weight excluding hydrogens is 234 g/mol. The van der Waals surface area contributed by atoms with Crippen LogP contribution in [0.5, 0.6) is 0 Å². The summed E-state index contributed by atoms with van der Waals surface area (Å²) in [5.74, 6) is -1.02. The normalized spacial score (nSPS) is 10.1. The van der Waals surface area contributed by atoms with Gasteiger partial charge in [-0.15, -0.1) is 0 Å². The largest absolute Gasteiger partial charge is 0.481 e. The molecule has 1 rings (SSSR count). The summed E-state index contributed by atoms with van der Waals surface area (Å²) in [6.45, 7) is 0.421. The number of halogens is 1. The minimum atomic E-state index is -0.829. The van der Waals surface area contributed by atoms with Crippen LogP contribution in [-0.2, 0) is 4.79 Å². The quantitative estimate of drug-likeness (QED) is 0.751. The van der Waals surface area contributed by atoms with E-state index in [1.165, 1.54) is 12.1 Å². The van der Waals surface area contributed by atoms with Crippen LogP contribution < -0.4 is 5.32 Å². The van der Waals surface area contributed by atoms with Crippen LogP contribution in [0.3, 0.4) is 0 Å². The van der Waals surface area contributed by atoms with E-state index in [2.05, 4.69) is 5.32 Å². The smallest absolute Gasteiger partial charge is 0.303 e. The Morgan fingerprint density at radius 1 is 1.38 bits per heavy atom. The summed E-state index contributed by atoms with van der Waals surface area (Å²) >= 11 is 5.51. The maximum Gasteiger partial charge on any atom is 0.303 e. The summed E-state index contributed by atoms with van der Waals surface area (Å²) < 4.78 is 4.90. The lowest BCUT2D eigenvalue weighted by atomic mass is 10.2. The number of hydrogen-bond acceptors (Lipinski definition) is 3. The highest BCUT2D eigenvalue weighted by Gasteiger charge is 2.09. The summed E-state index contributed by atoms with van der Waals surface area (Å²) in [5, 5.41) is 11.2. The van der Waals surface area contributed by atoms with Crippen LogP contribution in [0.15, 0.2) is 16.5 Å². The van der Waals surface area contributed by atoms with Crippen LogP contribution in [0.25, 0.3) is 0 Å². The van der Waals surface area contributed by atoms with Crippen LogP contribution in [0.4, 0.5) is 0 Å². The predicted octanol–water partition coefficient (Wildman–Crippen LogP) is 1.92. The molecule has 6 heteroatoms. The molecule has 0 aromatic carbocycles. The first kappa shape index (κ1) is 12.6. The van der Waals surface area contributed by atoms with Crippen LogP contribution in [0.1, 0.15) is 29.8 Å². The minimum absolute atomic E-state index is 0.114. The second-order valence-electron chi connectivity index (χ2n) is 3.21. The Hall–Kier alpha value is -1.49. The Balaban J connectivity index is 2.18. The number of amides is 1. The number of nitrogens with one attached hydrogen (secondary N) is 1. The molecule has 1 aromatic rings. The molecule has 0 spiro atoms. The van der Waals surface area contributed by atoms with E-state index in [9.17, 15) is 9.59 Å². The van der Waals surface area contributed by atoms with E-state index in [4.69, 9.17) is 21.1 Å². The Morgan fingerprint density at radius 3 is 2.69 bits per heavy atom. The number of furan rings is 1. The summed E-state index contributed by atoms with van der Waals surface area (Å²) in [7, 11) is 0. The molecule has 0 aliphatic carbocycles. The molecule has 0 unspecified atom stereocenters. The lowest BCUT2D eigenvalue weighted by Gasteiger charge is -2.01. The lowest BCUT2D eigenvalue weighted by Crippen LogP contribution is -2.24. The van der Waals surface area contributed by atoms with Crippen molar-refractivity contribution in [2.75, 3.05) is 6.54 Å². The average Bonchev–Trinajstić information content (AvgIpc) is 2.63. The maximum absolute atomic E-state index is 11.4. The number of carbonyl (C=O) groups excluding carboxylic acids is 1. The third-order valence-corrected chi connectivity index (χ3v) is 2.10. The van der Waals surface area contributed by atoms with Crippen LogP contribution in [0.2, 0.25) is 5.22 Å². The summed E-state index contributed by atoms with van der Waals surface area (Å²) in [4.78, 5) is 21.6. The Morgan fingerprint density at radius 2 is 2.12 bits per heavy atom. The van der Waals surface area contributed by atoms with Gasteiger partial charge in [0.05, 0.1) is 0 Å². The number of aliphatic carboxylic acids is 1. The van der Waals surface area contributed by atoms with Crippen molar-refractivity contribution in [3.05, 3.63) is 23.1 Å². The highest BCUT2D eigenvalue weighted by atomic mass is 35.5. The van der Waals surface area contributed by atoms with Crippen molar-refractivity contribution >= 4 is 23.5 Å². The Labute approximate surface area is 97.4 Å². The van der Waals surface area contributed by atoms with Gasteiger partial charge in [0.1, 0.15) is 0 Å². The molecule has 1 amide bonds. The zero-order valence-electron chi connectivity index (χ0n) is 8.53. The van der Waals surface area contributed by atoms with Gasteiger partial charge in [-0.1, -0.05) is 0 Å². The van der Waals surface area contributed by atoms with E-state index in [1.54, 1.807) is 0 Å². The zero-order valence-corrected chi connectivity index (χ0v) is 9.29. The maximum atomic E-state index is 11.4. The van der Waals surface area contributed by atoms with Crippen molar-refractivity contribution < 1.29 is 19.1 Å². The van der Waals surface area contributed by atoms with Crippen molar-refractivity contribution in [1.29, 1.82) is 0 Å². The molecule has 1 aromatic heterocycles. The van der Waals surface area contributed by atoms with E-state index in [1.807, 2.05) is 0 Å². The molecule has 0 saturated heterocycles. The van der Waals surface area contributed by atoms with Gasteiger partial charge in [0.2, 0.25) is 0 Å². The van der Waals surface area contributed by atoms with Crippen molar-refractivity contribution in [2.24, 2.45) is 0 Å². The van der Waals surface area contributed by atoms with Gasteiger partial charge in [0, 0.05) is 13.0 Å². The fourth-order valence-electron chi connectivity index (χ4n) is 1.13. The summed E-state index contributed by atoms with van der Waals surface area (Å²) in [6, 6.07) is 2.97. The molecule has 0 aliphatic rings. The second kappa shape index (κ2) is 6.17. The molecule has 2 N–H and O–H groups in total. The Kier molecular flexibility index (Phi) is 4.85. The first-order valence-corrected chi connectivity index (χ1v) is 5.22. The number of unbranched alkanes of at least 4 members (excludes halogenated alkanes) is 1. The molecular formula is C10H12ClNO4. The standard InChI is InChI=1S/C10H12ClNO4/c11-8-5-4-7(16-8)10(15)12-6-2-1-3-9(13)14/h4-5H,1-3,6H2,(H,12,15)(H,13,14). The lowest BCUT2D eigenvalue weighted by molar-refractivity contribution is -0.137. The highest BCUT2D eigenvalue weighted by molar-refractivity contribution is 6.29. The van der Waals surface area contributed by atoms with Crippen LogP contribution in [0, 0.1) is 0 Å². The number of carboxylic acid groups (broad SMARTS) is 1. The monoisotopic (exact) mass is 245 g/mol. The van der Waals surface area contributed by atoms with E-state index < -0.39 is 5.97 Å². The minimum Gasteiger partial charge on any atom is -0.481 e. The zero-order chi connectivity index (χ0) is 12.0. The number of carbonyl (C=O) groups is 2. The number of carboxylic acids is 1. The molecule has 0 bridgehead atoms. The molecule has 0 saturated carbocycles. The van der Waals surface area contributed by atoms with Gasteiger partial charge in [-0.25, -0.2) is 0 Å². The molecule has 1 heterocycles. The topological polar surface area (TPSA) is 79.5 Å². The van der Waals surface area contributed by atoms with Gasteiger partial charge in [0.15, 0.2) is 11.0 Å². The molecule has 0 aliphatic heterocycles. The van der Waals surface area contributed by atoms with Crippen molar-refractivity contribution in [3.8, 4) is 0 Å². The van der Waals surface area contributed by atoms with E-state index in [-0.39, 0.29) is 23.3 Å². The first-order valence-electron chi connectivity index (χ1n) is 4.85. The van der Waals surface area contributed by atoms with E-state index in [0.29, 0.717) is 19.4 Å². The van der Waals surface area contributed by atoms with Gasteiger partial charge >= 0.3 is 5.97 Å². The molecule has 88 valence electrons. The molecule has 0 radical (unpaired) electrons. The van der Waals surface area contributed by atoms with Gasteiger partial charge < -0.3 is 14.8 Å². The predicted molar refractivity (Wildman–Crippen MR) is 57.5 cm³/mol. The average molecular weight is 246 g/mol. The van der Waals surface area contributed by atoms with Crippen molar-refractivity contribution in [2.45, 2.75) is 19.3 Å². The molecule has 0 fully saturated rings. The van der Waals surface area contributed by atoms with Gasteiger partial charge in [-0.3, -0.25) is 9.59 Å². The van der Waals surface area contributed by atoms with Crippen LogP contribution in [-0.4, -0.2) is 23.5 Å². The summed E-state index contributed by atoms with van der Waals surface area (Å²) in [5.41, 5.74) is 0. The highest BCUT2D eigenvalue weighted by Crippen LogP contribution is 2.12. The van der Waals surface area contributed by atoms with E-state index in [0.717, 1.165) is 0 Å². The molecule has 0 atom stereocenters. The van der Waals surface area contributed by atoms with Crippen molar-refractivity contribution in [3.63, 3.8) is 0 Å². The number of hydrogen-bond donors (Lipinski definition) is 2. The van der Waals surface area contributed by atoms with E-state index >= 15 is 0 Å². The Bertz CT molecular complexity index is 375. The van der Waals surface area contributed by atoms with Crippen LogP contribution >= 0.6 is 11.6 Å². The number of rotatable bonds is 6. The fourth-order valence-corrected chi connectivity index (χ4v) is 1.27. The first-order chi connectivity index (χ1) is 7.59. The molecule has 5 nitrogen and oxygen atoms in total. The summed E-state index contributed by atoms with van der Waals surface area (Å²) in [6.07, 6.45) is 1.27.